The van der Waals surface area contributed by atoms with Crippen LogP contribution in [0.1, 0.15) is 37.4 Å². The summed E-state index contributed by atoms with van der Waals surface area (Å²) in [4.78, 5) is 27.4. The number of likely N-dealkylation sites (tertiary alicyclic amines) is 1. The normalized spacial score (nSPS) is 17.6. The minimum absolute atomic E-state index is 0.00801. The van der Waals surface area contributed by atoms with Gasteiger partial charge < -0.3 is 29.3 Å². The summed E-state index contributed by atoms with van der Waals surface area (Å²) >= 11 is 0. The number of benzene rings is 2. The number of Topliss-reactive ketones (excluding diaryl/α,β-unsaturated/α-hetero) is 1. The molecule has 176 valence electrons. The fourth-order valence-corrected chi connectivity index (χ4v) is 3.82. The molecule has 0 spiro atoms. The second kappa shape index (κ2) is 10.4. The van der Waals surface area contributed by atoms with Gasteiger partial charge in [0.25, 0.3) is 11.7 Å². The fraction of sp³-hybridized carbons (Fsp3) is 0.360. The number of phenolic OH excluding ortho intramolecular Hbond substituents is 1. The van der Waals surface area contributed by atoms with E-state index in [4.69, 9.17) is 14.2 Å². The molecule has 3 rings (SSSR count). The molecule has 33 heavy (non-hydrogen) atoms. The minimum atomic E-state index is -0.844. The molecule has 0 saturated carbocycles. The van der Waals surface area contributed by atoms with Crippen molar-refractivity contribution < 1.29 is 34.0 Å². The molecular formula is C25H29NO7. The first kappa shape index (κ1) is 24.1. The van der Waals surface area contributed by atoms with Crippen LogP contribution in [0.4, 0.5) is 0 Å². The Morgan fingerprint density at radius 2 is 1.79 bits per heavy atom. The quantitative estimate of drug-likeness (QED) is 0.257. The predicted molar refractivity (Wildman–Crippen MR) is 122 cm³/mol. The number of amides is 1. The van der Waals surface area contributed by atoms with Crippen LogP contribution in [0, 0.1) is 0 Å². The second-order valence-electron chi connectivity index (χ2n) is 7.96. The molecule has 1 aliphatic heterocycles. The van der Waals surface area contributed by atoms with E-state index < -0.39 is 17.7 Å². The van der Waals surface area contributed by atoms with Gasteiger partial charge in [-0.15, -0.1) is 0 Å². The molecule has 0 aliphatic carbocycles. The molecule has 1 fully saturated rings. The van der Waals surface area contributed by atoms with E-state index in [1.807, 2.05) is 13.8 Å². The molecule has 8 nitrogen and oxygen atoms in total. The van der Waals surface area contributed by atoms with Crippen LogP contribution in [-0.2, 0) is 14.3 Å². The molecule has 2 N–H and O–H groups in total. The standard InChI is InChI=1S/C25H29NO7/c1-15(2)33-18-9-6-16(7-10-18)23(28)21-22(17-8-11-19(27)20(14-17)32-4)26(12-5-13-31-3)25(30)24(21)29/h6-11,14-15,22,27-28H,5,12-13H2,1-4H3. The topological polar surface area (TPSA) is 106 Å². The number of phenols is 1. The van der Waals surface area contributed by atoms with Crippen molar-refractivity contribution in [2.45, 2.75) is 32.4 Å². The van der Waals surface area contributed by atoms with Gasteiger partial charge in [0.2, 0.25) is 0 Å². The van der Waals surface area contributed by atoms with Crippen molar-refractivity contribution in [3.05, 3.63) is 59.2 Å². The van der Waals surface area contributed by atoms with Gasteiger partial charge in [0.1, 0.15) is 11.5 Å². The molecule has 1 unspecified atom stereocenters. The lowest BCUT2D eigenvalue weighted by Crippen LogP contribution is -2.31. The first-order valence-electron chi connectivity index (χ1n) is 10.7. The zero-order valence-electron chi connectivity index (χ0n) is 19.2. The maximum absolute atomic E-state index is 13.0. The molecular weight excluding hydrogens is 426 g/mol. The van der Waals surface area contributed by atoms with Crippen LogP contribution in [0.3, 0.4) is 0 Å². The van der Waals surface area contributed by atoms with Crippen LogP contribution in [0.25, 0.3) is 5.76 Å². The van der Waals surface area contributed by atoms with E-state index in [2.05, 4.69) is 0 Å². The van der Waals surface area contributed by atoms with E-state index in [0.29, 0.717) is 29.9 Å². The molecule has 0 bridgehead atoms. The first-order chi connectivity index (χ1) is 15.8. The summed E-state index contributed by atoms with van der Waals surface area (Å²) in [5.41, 5.74) is 0.891. The highest BCUT2D eigenvalue weighted by Crippen LogP contribution is 2.41. The van der Waals surface area contributed by atoms with Crippen molar-refractivity contribution in [1.82, 2.24) is 4.90 Å². The largest absolute Gasteiger partial charge is 0.507 e. The van der Waals surface area contributed by atoms with E-state index in [1.54, 1.807) is 43.5 Å². The maximum Gasteiger partial charge on any atom is 0.295 e. The van der Waals surface area contributed by atoms with E-state index in [1.165, 1.54) is 18.1 Å². The molecule has 8 heteroatoms. The van der Waals surface area contributed by atoms with Crippen molar-refractivity contribution >= 4 is 17.4 Å². The number of aromatic hydroxyl groups is 1. The maximum atomic E-state index is 13.0. The highest BCUT2D eigenvalue weighted by molar-refractivity contribution is 6.46. The number of aliphatic hydroxyl groups excluding tert-OH is 1. The van der Waals surface area contributed by atoms with E-state index in [-0.39, 0.29) is 35.5 Å². The number of methoxy groups -OCH3 is 2. The Hall–Kier alpha value is -3.52. The van der Waals surface area contributed by atoms with Gasteiger partial charge in [0.15, 0.2) is 11.5 Å². The Morgan fingerprint density at radius 1 is 1.09 bits per heavy atom. The molecule has 2 aromatic carbocycles. The highest BCUT2D eigenvalue weighted by atomic mass is 16.5. The van der Waals surface area contributed by atoms with Gasteiger partial charge in [0.05, 0.1) is 24.8 Å². The lowest BCUT2D eigenvalue weighted by atomic mass is 9.95. The lowest BCUT2D eigenvalue weighted by molar-refractivity contribution is -0.140. The summed E-state index contributed by atoms with van der Waals surface area (Å²) in [6.45, 7) is 4.48. The zero-order valence-corrected chi connectivity index (χ0v) is 19.2. The zero-order chi connectivity index (χ0) is 24.1. The van der Waals surface area contributed by atoms with Gasteiger partial charge in [-0.25, -0.2) is 0 Å². The average molecular weight is 456 g/mol. The van der Waals surface area contributed by atoms with E-state index >= 15 is 0 Å². The Kier molecular flexibility index (Phi) is 7.60. The summed E-state index contributed by atoms with van der Waals surface area (Å²) in [6.07, 6.45) is 0.502. The summed E-state index contributed by atoms with van der Waals surface area (Å²) in [5, 5.41) is 21.1. The van der Waals surface area contributed by atoms with Gasteiger partial charge in [-0.05, 0) is 62.2 Å². The number of carbonyl (C=O) groups is 2. The third kappa shape index (κ3) is 5.12. The molecule has 2 aromatic rings. The van der Waals surface area contributed by atoms with Crippen molar-refractivity contribution in [3.8, 4) is 17.2 Å². The SMILES string of the molecule is COCCCN1C(=O)C(=O)C(=C(O)c2ccc(OC(C)C)cc2)C1c1ccc(O)c(OC)c1. The molecule has 1 amide bonds. The summed E-state index contributed by atoms with van der Waals surface area (Å²) in [7, 11) is 2.97. The Labute approximate surface area is 193 Å². The van der Waals surface area contributed by atoms with Crippen molar-refractivity contribution in [1.29, 1.82) is 0 Å². The van der Waals surface area contributed by atoms with Crippen LogP contribution in [-0.4, -0.2) is 60.3 Å². The molecule has 0 aromatic heterocycles. The predicted octanol–water partition coefficient (Wildman–Crippen LogP) is 3.65. The third-order valence-corrected chi connectivity index (χ3v) is 5.31. The van der Waals surface area contributed by atoms with Crippen LogP contribution >= 0.6 is 0 Å². The summed E-state index contributed by atoms with van der Waals surface area (Å²) < 4.78 is 15.9. The lowest BCUT2D eigenvalue weighted by Gasteiger charge is -2.25. The van der Waals surface area contributed by atoms with Gasteiger partial charge in [-0.1, -0.05) is 6.07 Å². The number of nitrogens with zero attached hydrogens (tertiary/aromatic N) is 1. The Balaban J connectivity index is 2.09. The van der Waals surface area contributed by atoms with Crippen LogP contribution in [0.2, 0.25) is 0 Å². The smallest absolute Gasteiger partial charge is 0.295 e. The summed E-state index contributed by atoms with van der Waals surface area (Å²) in [6, 6.07) is 10.4. The highest BCUT2D eigenvalue weighted by Gasteiger charge is 2.46. The first-order valence-corrected chi connectivity index (χ1v) is 10.7. The van der Waals surface area contributed by atoms with Gasteiger partial charge in [-0.3, -0.25) is 9.59 Å². The Morgan fingerprint density at radius 3 is 2.39 bits per heavy atom. The number of ether oxygens (including phenoxy) is 3. The molecule has 1 saturated heterocycles. The van der Waals surface area contributed by atoms with Gasteiger partial charge in [0, 0.05) is 25.8 Å². The van der Waals surface area contributed by atoms with E-state index in [9.17, 15) is 19.8 Å². The second-order valence-corrected chi connectivity index (χ2v) is 7.96. The van der Waals surface area contributed by atoms with Crippen molar-refractivity contribution in [2.75, 3.05) is 27.4 Å². The van der Waals surface area contributed by atoms with Crippen LogP contribution < -0.4 is 9.47 Å². The monoisotopic (exact) mass is 455 g/mol. The third-order valence-electron chi connectivity index (χ3n) is 5.31. The van der Waals surface area contributed by atoms with Gasteiger partial charge in [-0.2, -0.15) is 0 Å². The van der Waals surface area contributed by atoms with Crippen molar-refractivity contribution in [2.24, 2.45) is 0 Å². The van der Waals surface area contributed by atoms with E-state index in [0.717, 1.165) is 0 Å². The number of carbonyl (C=O) groups excluding carboxylic acids is 2. The average Bonchev–Trinajstić information content (AvgIpc) is 3.04. The number of hydrogen-bond acceptors (Lipinski definition) is 7. The fourth-order valence-electron chi connectivity index (χ4n) is 3.82. The number of rotatable bonds is 9. The van der Waals surface area contributed by atoms with Crippen LogP contribution in [0.15, 0.2) is 48.0 Å². The Bertz CT molecular complexity index is 1040. The molecule has 0 radical (unpaired) electrons. The number of aliphatic hydroxyl groups is 1. The molecule has 1 atom stereocenters. The molecule has 1 aliphatic rings. The number of ketones is 1. The number of hydrogen-bond donors (Lipinski definition) is 2. The summed E-state index contributed by atoms with van der Waals surface area (Å²) in [5.74, 6) is -1.01. The van der Waals surface area contributed by atoms with Crippen molar-refractivity contribution in [3.63, 3.8) is 0 Å². The minimum Gasteiger partial charge on any atom is -0.507 e. The molecule has 1 heterocycles. The van der Waals surface area contributed by atoms with Gasteiger partial charge >= 0.3 is 0 Å². The van der Waals surface area contributed by atoms with Crippen LogP contribution in [0.5, 0.6) is 17.2 Å².